The fraction of sp³-hybridized carbons (Fsp3) is 0.567. The third kappa shape index (κ3) is 5.82. The van der Waals surface area contributed by atoms with Crippen molar-refractivity contribution in [3.8, 4) is 11.1 Å². The zero-order valence-electron chi connectivity index (χ0n) is 22.3. The van der Waals surface area contributed by atoms with Gasteiger partial charge in [0.05, 0.1) is 17.7 Å². The van der Waals surface area contributed by atoms with E-state index in [1.807, 2.05) is 31.7 Å². The van der Waals surface area contributed by atoms with Crippen molar-refractivity contribution in [1.29, 1.82) is 0 Å². The fourth-order valence-corrected chi connectivity index (χ4v) is 6.18. The summed E-state index contributed by atoms with van der Waals surface area (Å²) >= 11 is 0. The lowest BCUT2D eigenvalue weighted by Gasteiger charge is -2.51. The molecule has 2 heterocycles. The van der Waals surface area contributed by atoms with E-state index in [1.165, 1.54) is 48.9 Å². The van der Waals surface area contributed by atoms with Crippen LogP contribution in [-0.4, -0.2) is 50.2 Å². The Hall–Kier alpha value is -2.93. The zero-order valence-corrected chi connectivity index (χ0v) is 22.3. The monoisotopic (exact) mass is 508 g/mol. The lowest BCUT2D eigenvalue weighted by Crippen LogP contribution is -2.61. The summed E-state index contributed by atoms with van der Waals surface area (Å²) in [5.41, 5.74) is -1.31. The van der Waals surface area contributed by atoms with Crippen LogP contribution in [0.15, 0.2) is 47.4 Å². The van der Waals surface area contributed by atoms with E-state index in [0.717, 1.165) is 6.42 Å². The molecule has 1 aliphatic heterocycles. The van der Waals surface area contributed by atoms with Crippen molar-refractivity contribution in [2.24, 2.45) is 17.3 Å². The van der Waals surface area contributed by atoms with E-state index in [2.05, 4.69) is 0 Å². The summed E-state index contributed by atoms with van der Waals surface area (Å²) in [4.78, 5) is 40.3. The molecule has 2 atom stereocenters. The average Bonchev–Trinajstić information content (AvgIpc) is 2.87. The van der Waals surface area contributed by atoms with Gasteiger partial charge in [0, 0.05) is 42.2 Å². The van der Waals surface area contributed by atoms with Crippen LogP contribution in [0.5, 0.6) is 0 Å². The molecule has 7 heteroatoms. The number of carbonyl (C=O) groups is 2. The van der Waals surface area contributed by atoms with Gasteiger partial charge in [-0.1, -0.05) is 83.2 Å². The molecule has 2 aliphatic rings. The molecule has 1 aromatic heterocycles. The average molecular weight is 509 g/mol. The van der Waals surface area contributed by atoms with Crippen molar-refractivity contribution in [2.75, 3.05) is 13.1 Å². The molecule has 1 saturated heterocycles. The van der Waals surface area contributed by atoms with Gasteiger partial charge in [-0.05, 0) is 24.3 Å². The third-order valence-corrected chi connectivity index (χ3v) is 8.66. The van der Waals surface area contributed by atoms with Crippen LogP contribution in [0, 0.1) is 17.3 Å². The number of rotatable bonds is 7. The van der Waals surface area contributed by atoms with E-state index >= 15 is 0 Å². The van der Waals surface area contributed by atoms with Crippen LogP contribution in [0.1, 0.15) is 76.1 Å². The Morgan fingerprint density at radius 1 is 1.11 bits per heavy atom. The Bertz CT molecular complexity index is 1180. The largest absolute Gasteiger partial charge is 0.478 e. The predicted octanol–water partition coefficient (Wildman–Crippen LogP) is 4.81. The molecule has 0 bridgehead atoms. The summed E-state index contributed by atoms with van der Waals surface area (Å²) in [6, 6.07) is 10.3. The van der Waals surface area contributed by atoms with Crippen molar-refractivity contribution in [3.05, 3.63) is 58.5 Å². The molecule has 7 nitrogen and oxygen atoms in total. The van der Waals surface area contributed by atoms with Gasteiger partial charge in [-0.25, -0.2) is 4.79 Å². The smallest absolute Gasteiger partial charge is 0.337 e. The maximum Gasteiger partial charge on any atom is 0.337 e. The topological polar surface area (TPSA) is 99.8 Å². The fourth-order valence-electron chi connectivity index (χ4n) is 6.18. The summed E-state index contributed by atoms with van der Waals surface area (Å²) in [7, 11) is 0. The number of nitrogens with zero attached hydrogens (tertiary/aromatic N) is 2. The van der Waals surface area contributed by atoms with E-state index in [4.69, 9.17) is 0 Å². The van der Waals surface area contributed by atoms with E-state index in [-0.39, 0.29) is 29.5 Å². The summed E-state index contributed by atoms with van der Waals surface area (Å²) < 4.78 is 1.31. The minimum Gasteiger partial charge on any atom is -0.478 e. The quantitative estimate of drug-likeness (QED) is 0.559. The molecular formula is C30H40N2O5. The molecule has 2 aromatic rings. The Kier molecular flexibility index (Phi) is 7.93. The Labute approximate surface area is 219 Å². The number of carboxylic acids is 1. The molecule has 1 amide bonds. The number of carbonyl (C=O) groups excluding carboxylic acids is 1. The number of piperidine rings is 1. The standard InChI is InChI=1S/C30H40N2O5/c1-21(16-22-10-6-4-7-11-22)27(34)31-15-14-30(37,29(2,3)19-31)20-32-18-25(28(35)36)24(17-26(32)33)23-12-8-5-9-13-23/h5,8-9,12-13,17-18,21-22,37H,4,6-7,10-11,14-16,19-20H2,1-3H3,(H,35,36)/t21?,30-/m1/s1. The highest BCUT2D eigenvalue weighted by Gasteiger charge is 2.49. The minimum atomic E-state index is -1.27. The highest BCUT2D eigenvalue weighted by Crippen LogP contribution is 2.41. The number of carboxylic acid groups (broad SMARTS) is 1. The molecule has 1 aromatic carbocycles. The SMILES string of the molecule is CC(CC1CCCCC1)C(=O)N1CC[C@@](O)(Cn2cc(C(=O)O)c(-c3ccccc3)cc2=O)C(C)(C)C1. The van der Waals surface area contributed by atoms with E-state index in [0.29, 0.717) is 36.6 Å². The van der Waals surface area contributed by atoms with E-state index in [1.54, 1.807) is 24.3 Å². The molecular weight excluding hydrogens is 468 g/mol. The van der Waals surface area contributed by atoms with Crippen molar-refractivity contribution in [1.82, 2.24) is 9.47 Å². The summed E-state index contributed by atoms with van der Waals surface area (Å²) in [5, 5.41) is 21.6. The van der Waals surface area contributed by atoms with Crippen molar-refractivity contribution in [3.63, 3.8) is 0 Å². The number of hydrogen-bond acceptors (Lipinski definition) is 4. The second-order valence-electron chi connectivity index (χ2n) is 11.8. The first-order valence-corrected chi connectivity index (χ1v) is 13.6. The second kappa shape index (κ2) is 10.8. The first kappa shape index (κ1) is 27.1. The lowest BCUT2D eigenvalue weighted by molar-refractivity contribution is -0.157. The Morgan fingerprint density at radius 2 is 1.78 bits per heavy atom. The summed E-state index contributed by atoms with van der Waals surface area (Å²) in [6.07, 6.45) is 8.79. The molecule has 0 radical (unpaired) electrons. The van der Waals surface area contributed by atoms with Crippen molar-refractivity contribution in [2.45, 2.75) is 77.9 Å². The number of benzene rings is 1. The van der Waals surface area contributed by atoms with Crippen LogP contribution in [0.3, 0.4) is 0 Å². The van der Waals surface area contributed by atoms with Crippen molar-refractivity contribution >= 4 is 11.9 Å². The molecule has 0 spiro atoms. The van der Waals surface area contributed by atoms with Gasteiger partial charge in [-0.15, -0.1) is 0 Å². The van der Waals surface area contributed by atoms with Gasteiger partial charge in [0.1, 0.15) is 0 Å². The van der Waals surface area contributed by atoms with Crippen LogP contribution in [0.4, 0.5) is 0 Å². The van der Waals surface area contributed by atoms with Crippen LogP contribution in [-0.2, 0) is 11.3 Å². The molecule has 4 rings (SSSR count). The third-order valence-electron chi connectivity index (χ3n) is 8.66. The Balaban J connectivity index is 1.51. The number of aromatic carboxylic acids is 1. The molecule has 200 valence electrons. The second-order valence-corrected chi connectivity index (χ2v) is 11.8. The first-order chi connectivity index (χ1) is 17.5. The number of hydrogen-bond donors (Lipinski definition) is 2. The van der Waals surface area contributed by atoms with E-state index in [9.17, 15) is 24.6 Å². The van der Waals surface area contributed by atoms with E-state index < -0.39 is 17.0 Å². The molecule has 1 saturated carbocycles. The van der Waals surface area contributed by atoms with Crippen LogP contribution in [0.2, 0.25) is 0 Å². The molecule has 1 unspecified atom stereocenters. The number of aromatic nitrogens is 1. The van der Waals surface area contributed by atoms with Gasteiger partial charge in [-0.3, -0.25) is 9.59 Å². The molecule has 2 N–H and O–H groups in total. The molecule has 1 aliphatic carbocycles. The maximum absolute atomic E-state index is 13.3. The van der Waals surface area contributed by atoms with Gasteiger partial charge in [0.15, 0.2) is 0 Å². The van der Waals surface area contributed by atoms with Gasteiger partial charge >= 0.3 is 5.97 Å². The summed E-state index contributed by atoms with van der Waals surface area (Å²) in [6.45, 7) is 6.62. The highest BCUT2D eigenvalue weighted by molar-refractivity contribution is 5.95. The first-order valence-electron chi connectivity index (χ1n) is 13.6. The Morgan fingerprint density at radius 3 is 2.41 bits per heavy atom. The zero-order chi connectivity index (χ0) is 26.8. The lowest BCUT2D eigenvalue weighted by atomic mass is 9.69. The number of aliphatic hydroxyl groups is 1. The minimum absolute atomic E-state index is 0.0105. The maximum atomic E-state index is 13.3. The molecule has 37 heavy (non-hydrogen) atoms. The van der Waals surface area contributed by atoms with Gasteiger partial charge in [0.2, 0.25) is 5.91 Å². The van der Waals surface area contributed by atoms with Crippen LogP contribution < -0.4 is 5.56 Å². The number of pyridine rings is 1. The molecule has 2 fully saturated rings. The van der Waals surface area contributed by atoms with Crippen LogP contribution >= 0.6 is 0 Å². The van der Waals surface area contributed by atoms with Crippen molar-refractivity contribution < 1.29 is 19.8 Å². The van der Waals surface area contributed by atoms with Crippen LogP contribution in [0.25, 0.3) is 11.1 Å². The predicted molar refractivity (Wildman–Crippen MR) is 143 cm³/mol. The van der Waals surface area contributed by atoms with Gasteiger partial charge < -0.3 is 19.7 Å². The number of likely N-dealkylation sites (tertiary alicyclic amines) is 1. The highest BCUT2D eigenvalue weighted by atomic mass is 16.4. The van der Waals surface area contributed by atoms with Gasteiger partial charge in [0.25, 0.3) is 5.56 Å². The number of amides is 1. The van der Waals surface area contributed by atoms with Gasteiger partial charge in [-0.2, -0.15) is 0 Å². The normalized spacial score (nSPS) is 23.0. The summed E-state index contributed by atoms with van der Waals surface area (Å²) in [5.74, 6) is -0.419.